The van der Waals surface area contributed by atoms with Crippen molar-refractivity contribution in [3.8, 4) is 5.75 Å². The lowest BCUT2D eigenvalue weighted by molar-refractivity contribution is 0.0993. The van der Waals surface area contributed by atoms with Crippen LogP contribution < -0.4 is 15.2 Å². The molecule has 0 N–H and O–H groups in total. The first-order valence-corrected chi connectivity index (χ1v) is 12.3. The zero-order valence-corrected chi connectivity index (χ0v) is 20.3. The Morgan fingerprint density at radius 2 is 1.89 bits per heavy atom. The summed E-state index contributed by atoms with van der Waals surface area (Å²) in [5.74, 6) is 0.105. The number of ether oxygens (including phenoxy) is 2. The molecule has 0 bridgehead atoms. The van der Waals surface area contributed by atoms with E-state index in [1.807, 2.05) is 66.9 Å². The SMILES string of the molecule is CCOCCn1c(=NC(=O)c2cc3c(ccc4ccccc43)oc2=O)sc2cc(OCC)ccc21. The van der Waals surface area contributed by atoms with E-state index in [0.29, 0.717) is 42.1 Å². The van der Waals surface area contributed by atoms with Crippen LogP contribution in [0.5, 0.6) is 5.75 Å². The summed E-state index contributed by atoms with van der Waals surface area (Å²) in [6.07, 6.45) is 0. The Kier molecular flexibility index (Phi) is 6.48. The van der Waals surface area contributed by atoms with E-state index in [-0.39, 0.29) is 5.56 Å². The lowest BCUT2D eigenvalue weighted by Crippen LogP contribution is -2.21. The van der Waals surface area contributed by atoms with Crippen LogP contribution in [0, 0.1) is 0 Å². The van der Waals surface area contributed by atoms with Crippen molar-refractivity contribution in [2.45, 2.75) is 20.4 Å². The Morgan fingerprint density at radius 3 is 2.71 bits per heavy atom. The van der Waals surface area contributed by atoms with E-state index in [2.05, 4.69) is 4.99 Å². The highest BCUT2D eigenvalue weighted by Gasteiger charge is 2.16. The highest BCUT2D eigenvalue weighted by Crippen LogP contribution is 2.26. The molecule has 0 aliphatic rings. The summed E-state index contributed by atoms with van der Waals surface area (Å²) in [5, 5.41) is 2.59. The van der Waals surface area contributed by atoms with Gasteiger partial charge in [0.1, 0.15) is 16.9 Å². The van der Waals surface area contributed by atoms with Crippen molar-refractivity contribution in [2.75, 3.05) is 19.8 Å². The van der Waals surface area contributed by atoms with Gasteiger partial charge in [-0.05, 0) is 55.0 Å². The third-order valence-electron chi connectivity index (χ3n) is 5.70. The fourth-order valence-corrected chi connectivity index (χ4v) is 5.16. The van der Waals surface area contributed by atoms with E-state index in [1.165, 1.54) is 11.3 Å². The molecule has 0 unspecified atom stereocenters. The number of hydrogen-bond acceptors (Lipinski definition) is 6. The molecule has 5 aromatic rings. The van der Waals surface area contributed by atoms with Crippen molar-refractivity contribution < 1.29 is 18.7 Å². The van der Waals surface area contributed by atoms with E-state index < -0.39 is 11.5 Å². The Labute approximate surface area is 204 Å². The maximum absolute atomic E-state index is 13.3. The Morgan fingerprint density at radius 1 is 1.03 bits per heavy atom. The van der Waals surface area contributed by atoms with Crippen LogP contribution in [0.25, 0.3) is 32.0 Å². The third-order valence-corrected chi connectivity index (χ3v) is 6.74. The number of fused-ring (bicyclic) bond motifs is 4. The second-order valence-corrected chi connectivity index (χ2v) is 8.87. The fraction of sp³-hybridized carbons (Fsp3) is 0.222. The molecule has 178 valence electrons. The number of rotatable bonds is 7. The van der Waals surface area contributed by atoms with E-state index in [4.69, 9.17) is 13.9 Å². The number of aromatic nitrogens is 1. The summed E-state index contributed by atoms with van der Waals surface area (Å²) < 4.78 is 19.5. The second kappa shape index (κ2) is 9.85. The molecule has 0 saturated heterocycles. The number of amides is 1. The van der Waals surface area contributed by atoms with E-state index in [1.54, 1.807) is 12.1 Å². The van der Waals surface area contributed by atoms with Crippen LogP contribution in [-0.2, 0) is 11.3 Å². The van der Waals surface area contributed by atoms with Crippen molar-refractivity contribution in [2.24, 2.45) is 4.99 Å². The number of hydrogen-bond donors (Lipinski definition) is 0. The molecular formula is C27H24N2O5S. The van der Waals surface area contributed by atoms with Crippen molar-refractivity contribution in [3.05, 3.63) is 81.4 Å². The largest absolute Gasteiger partial charge is 0.494 e. The molecule has 2 aromatic heterocycles. The molecule has 0 atom stereocenters. The van der Waals surface area contributed by atoms with Gasteiger partial charge in [-0.15, -0.1) is 0 Å². The van der Waals surface area contributed by atoms with Gasteiger partial charge >= 0.3 is 5.63 Å². The van der Waals surface area contributed by atoms with Gasteiger partial charge in [0, 0.05) is 18.5 Å². The summed E-state index contributed by atoms with van der Waals surface area (Å²) >= 11 is 1.36. The van der Waals surface area contributed by atoms with Crippen molar-refractivity contribution in [1.29, 1.82) is 0 Å². The quantitative estimate of drug-likeness (QED) is 0.180. The Balaban J connectivity index is 1.64. The predicted molar refractivity (Wildman–Crippen MR) is 137 cm³/mol. The van der Waals surface area contributed by atoms with E-state index >= 15 is 0 Å². The number of thiazole rings is 1. The van der Waals surface area contributed by atoms with Crippen LogP contribution in [0.3, 0.4) is 0 Å². The van der Waals surface area contributed by atoms with Gasteiger partial charge in [-0.3, -0.25) is 4.79 Å². The molecule has 35 heavy (non-hydrogen) atoms. The first-order valence-electron chi connectivity index (χ1n) is 11.5. The van der Waals surface area contributed by atoms with Gasteiger partial charge in [0.15, 0.2) is 4.80 Å². The van der Waals surface area contributed by atoms with Gasteiger partial charge < -0.3 is 18.5 Å². The highest BCUT2D eigenvalue weighted by molar-refractivity contribution is 7.16. The first kappa shape index (κ1) is 23.0. The molecule has 1 amide bonds. The van der Waals surface area contributed by atoms with Gasteiger partial charge in [-0.2, -0.15) is 4.99 Å². The molecule has 5 rings (SSSR count). The lowest BCUT2D eigenvalue weighted by Gasteiger charge is -2.07. The van der Waals surface area contributed by atoms with Crippen LogP contribution in [0.4, 0.5) is 0 Å². The smallest absolute Gasteiger partial charge is 0.349 e. The second-order valence-electron chi connectivity index (χ2n) is 7.86. The van der Waals surface area contributed by atoms with Crippen LogP contribution in [0.15, 0.2) is 74.9 Å². The standard InChI is InChI=1S/C27H24N2O5S/c1-3-32-14-13-29-22-11-10-18(33-4-2)15-24(22)35-27(29)28-25(30)21-16-20-19-8-6-5-7-17(19)9-12-23(20)34-26(21)31/h5-12,15-16H,3-4,13-14H2,1-2H3. The van der Waals surface area contributed by atoms with Gasteiger partial charge in [-0.25, -0.2) is 4.79 Å². The minimum atomic E-state index is -0.706. The zero-order chi connectivity index (χ0) is 24.4. The average molecular weight is 489 g/mol. The van der Waals surface area contributed by atoms with Crippen molar-refractivity contribution in [3.63, 3.8) is 0 Å². The minimum absolute atomic E-state index is 0.0994. The van der Waals surface area contributed by atoms with Crippen molar-refractivity contribution >= 4 is 49.2 Å². The normalized spacial score (nSPS) is 12.1. The molecule has 0 fully saturated rings. The minimum Gasteiger partial charge on any atom is -0.494 e. The molecule has 3 aromatic carbocycles. The maximum Gasteiger partial charge on any atom is 0.349 e. The monoisotopic (exact) mass is 488 g/mol. The summed E-state index contributed by atoms with van der Waals surface area (Å²) in [6, 6.07) is 18.7. The Hall–Kier alpha value is -3.75. The summed E-state index contributed by atoms with van der Waals surface area (Å²) in [7, 11) is 0. The molecule has 0 spiro atoms. The zero-order valence-electron chi connectivity index (χ0n) is 19.4. The topological polar surface area (TPSA) is 83.0 Å². The van der Waals surface area contributed by atoms with Gasteiger partial charge in [0.05, 0.1) is 23.4 Å². The number of benzene rings is 3. The van der Waals surface area contributed by atoms with E-state index in [0.717, 1.165) is 26.7 Å². The third kappa shape index (κ3) is 4.50. The van der Waals surface area contributed by atoms with Gasteiger partial charge in [-0.1, -0.05) is 41.7 Å². The summed E-state index contributed by atoms with van der Waals surface area (Å²) in [4.78, 5) is 30.8. The fourth-order valence-electron chi connectivity index (χ4n) is 4.08. The molecule has 0 aliphatic heterocycles. The molecule has 0 aliphatic carbocycles. The molecule has 7 nitrogen and oxygen atoms in total. The average Bonchev–Trinajstić information content (AvgIpc) is 3.19. The number of nitrogens with zero attached hydrogens (tertiary/aromatic N) is 2. The first-order chi connectivity index (χ1) is 17.1. The number of carbonyl (C=O) groups is 1. The van der Waals surface area contributed by atoms with Gasteiger partial charge in [0.2, 0.25) is 0 Å². The molecular weight excluding hydrogens is 464 g/mol. The van der Waals surface area contributed by atoms with Crippen LogP contribution >= 0.6 is 11.3 Å². The Bertz CT molecular complexity index is 1680. The molecule has 8 heteroatoms. The molecule has 0 saturated carbocycles. The maximum atomic E-state index is 13.3. The summed E-state index contributed by atoms with van der Waals surface area (Å²) in [6.45, 7) is 6.00. The molecule has 0 radical (unpaired) electrons. The summed E-state index contributed by atoms with van der Waals surface area (Å²) in [5.41, 5.74) is 0.545. The lowest BCUT2D eigenvalue weighted by atomic mass is 10.0. The van der Waals surface area contributed by atoms with Crippen LogP contribution in [0.2, 0.25) is 0 Å². The predicted octanol–water partition coefficient (Wildman–Crippen LogP) is 5.14. The molecule has 2 heterocycles. The van der Waals surface area contributed by atoms with Crippen LogP contribution in [0.1, 0.15) is 24.2 Å². The van der Waals surface area contributed by atoms with E-state index in [9.17, 15) is 9.59 Å². The van der Waals surface area contributed by atoms with Crippen molar-refractivity contribution in [1.82, 2.24) is 4.57 Å². The van der Waals surface area contributed by atoms with Gasteiger partial charge in [0.25, 0.3) is 5.91 Å². The highest BCUT2D eigenvalue weighted by atomic mass is 32.1. The number of carbonyl (C=O) groups excluding carboxylic acids is 1. The van der Waals surface area contributed by atoms with Crippen LogP contribution in [-0.4, -0.2) is 30.3 Å².